The van der Waals surface area contributed by atoms with Crippen molar-refractivity contribution in [3.63, 3.8) is 0 Å². The molecule has 1 aliphatic heterocycles. The first-order chi connectivity index (χ1) is 10.7. The van der Waals surface area contributed by atoms with Crippen LogP contribution in [0, 0.1) is 11.3 Å². The lowest BCUT2D eigenvalue weighted by atomic mass is 10.0. The van der Waals surface area contributed by atoms with Crippen molar-refractivity contribution in [3.05, 3.63) is 52.6 Å². The fraction of sp³-hybridized carbons (Fsp3) is 0.294. The van der Waals surface area contributed by atoms with Crippen molar-refractivity contribution >= 4 is 27.4 Å². The van der Waals surface area contributed by atoms with Gasteiger partial charge in [-0.1, -0.05) is 0 Å². The molecule has 0 radical (unpaired) electrons. The van der Waals surface area contributed by atoms with Crippen molar-refractivity contribution in [3.8, 4) is 6.07 Å². The van der Waals surface area contributed by atoms with Crippen LogP contribution in [0.3, 0.4) is 0 Å². The number of nitrogens with zero attached hydrogens (tertiary/aromatic N) is 3. The van der Waals surface area contributed by atoms with Crippen LogP contribution >= 0.6 is 15.9 Å². The fourth-order valence-electron chi connectivity index (χ4n) is 2.70. The normalized spacial score (nSPS) is 15.4. The average Bonchev–Trinajstić information content (AvgIpc) is 2.58. The number of rotatable bonds is 3. The van der Waals surface area contributed by atoms with E-state index in [2.05, 4.69) is 37.2 Å². The Kier molecular flexibility index (Phi) is 4.59. The molecule has 2 heterocycles. The van der Waals surface area contributed by atoms with Crippen LogP contribution in [0.5, 0.6) is 0 Å². The van der Waals surface area contributed by atoms with Gasteiger partial charge in [-0.25, -0.2) is 4.98 Å². The maximum absolute atomic E-state index is 8.85. The number of halogens is 1. The Hall–Kier alpha value is -2.06. The number of aromatic nitrogens is 1. The molecule has 112 valence electrons. The van der Waals surface area contributed by atoms with Gasteiger partial charge in [0.25, 0.3) is 0 Å². The lowest BCUT2D eigenvalue weighted by Gasteiger charge is -2.34. The summed E-state index contributed by atoms with van der Waals surface area (Å²) in [7, 11) is 0. The predicted octanol–water partition coefficient (Wildman–Crippen LogP) is 3.80. The molecule has 1 aliphatic rings. The van der Waals surface area contributed by atoms with E-state index in [4.69, 9.17) is 5.26 Å². The molecule has 1 aromatic carbocycles. The lowest BCUT2D eigenvalue weighted by molar-refractivity contribution is 0.525. The van der Waals surface area contributed by atoms with Gasteiger partial charge in [0.05, 0.1) is 11.6 Å². The van der Waals surface area contributed by atoms with Gasteiger partial charge in [0.2, 0.25) is 0 Å². The smallest absolute Gasteiger partial charge is 0.126 e. The van der Waals surface area contributed by atoms with E-state index in [1.807, 2.05) is 42.6 Å². The van der Waals surface area contributed by atoms with Gasteiger partial charge in [-0.05, 0) is 65.2 Å². The van der Waals surface area contributed by atoms with Crippen molar-refractivity contribution in [1.82, 2.24) is 4.98 Å². The summed E-state index contributed by atoms with van der Waals surface area (Å²) in [5.74, 6) is 0.931. The molecule has 0 aliphatic carbocycles. The minimum Gasteiger partial charge on any atom is -0.371 e. The van der Waals surface area contributed by atoms with Crippen LogP contribution in [-0.4, -0.2) is 24.1 Å². The van der Waals surface area contributed by atoms with Crippen molar-refractivity contribution < 1.29 is 0 Å². The minimum atomic E-state index is 0.461. The maximum Gasteiger partial charge on any atom is 0.126 e. The van der Waals surface area contributed by atoms with Gasteiger partial charge >= 0.3 is 0 Å². The molecular formula is C17H17BrN4. The Morgan fingerprint density at radius 3 is 2.45 bits per heavy atom. The van der Waals surface area contributed by atoms with E-state index in [-0.39, 0.29) is 0 Å². The van der Waals surface area contributed by atoms with E-state index in [0.717, 1.165) is 36.2 Å². The third kappa shape index (κ3) is 3.58. The molecule has 0 amide bonds. The topological polar surface area (TPSA) is 52.0 Å². The zero-order chi connectivity index (χ0) is 15.4. The van der Waals surface area contributed by atoms with E-state index >= 15 is 0 Å². The molecule has 1 N–H and O–H groups in total. The number of pyridine rings is 1. The number of anilines is 2. The van der Waals surface area contributed by atoms with E-state index < -0.39 is 0 Å². The monoisotopic (exact) mass is 356 g/mol. The van der Waals surface area contributed by atoms with Gasteiger partial charge < -0.3 is 10.2 Å². The fourth-order valence-corrected chi connectivity index (χ4v) is 2.93. The molecule has 0 spiro atoms. The molecule has 1 saturated heterocycles. The Balaban J connectivity index is 1.55. The predicted molar refractivity (Wildman–Crippen MR) is 92.0 cm³/mol. The minimum absolute atomic E-state index is 0.461. The molecule has 5 heteroatoms. The Labute approximate surface area is 138 Å². The average molecular weight is 357 g/mol. The van der Waals surface area contributed by atoms with E-state index in [1.165, 1.54) is 5.69 Å². The second-order valence-corrected chi connectivity index (χ2v) is 6.34. The van der Waals surface area contributed by atoms with Crippen LogP contribution < -0.4 is 10.2 Å². The summed E-state index contributed by atoms with van der Waals surface area (Å²) >= 11 is 3.40. The van der Waals surface area contributed by atoms with Gasteiger partial charge in [-0.3, -0.25) is 0 Å². The van der Waals surface area contributed by atoms with Crippen LogP contribution in [0.1, 0.15) is 18.4 Å². The number of piperidine rings is 1. The molecule has 0 atom stereocenters. The van der Waals surface area contributed by atoms with Crippen LogP contribution in [0.4, 0.5) is 11.5 Å². The highest BCUT2D eigenvalue weighted by Crippen LogP contribution is 2.22. The Bertz CT molecular complexity index is 653. The Morgan fingerprint density at radius 1 is 1.14 bits per heavy atom. The third-order valence-electron chi connectivity index (χ3n) is 3.94. The SMILES string of the molecule is N#Cc1ccc(N2CCC(Nc3ccc(Br)cn3)CC2)cc1. The van der Waals surface area contributed by atoms with Crippen LogP contribution in [0.25, 0.3) is 0 Å². The van der Waals surface area contributed by atoms with Crippen LogP contribution in [0.15, 0.2) is 47.1 Å². The Morgan fingerprint density at radius 2 is 1.86 bits per heavy atom. The van der Waals surface area contributed by atoms with Crippen molar-refractivity contribution in [2.45, 2.75) is 18.9 Å². The molecule has 0 bridgehead atoms. The summed E-state index contributed by atoms with van der Waals surface area (Å²) in [6.45, 7) is 2.03. The largest absolute Gasteiger partial charge is 0.371 e. The van der Waals surface area contributed by atoms with Gasteiger partial charge in [-0.2, -0.15) is 5.26 Å². The highest BCUT2D eigenvalue weighted by molar-refractivity contribution is 9.10. The van der Waals surface area contributed by atoms with Crippen molar-refractivity contribution in [2.75, 3.05) is 23.3 Å². The standard InChI is InChI=1S/C17H17BrN4/c18-14-3-6-17(20-12-14)21-15-7-9-22(10-8-15)16-4-1-13(11-19)2-5-16/h1-6,12,15H,7-10H2,(H,20,21). The van der Waals surface area contributed by atoms with Crippen LogP contribution in [0.2, 0.25) is 0 Å². The summed E-state index contributed by atoms with van der Waals surface area (Å²) < 4.78 is 0.994. The molecular weight excluding hydrogens is 340 g/mol. The quantitative estimate of drug-likeness (QED) is 0.908. The summed E-state index contributed by atoms with van der Waals surface area (Å²) in [4.78, 5) is 6.74. The van der Waals surface area contributed by atoms with E-state index in [0.29, 0.717) is 11.6 Å². The first kappa shape index (κ1) is 14.9. The van der Waals surface area contributed by atoms with Gasteiger partial charge in [0.15, 0.2) is 0 Å². The van der Waals surface area contributed by atoms with Crippen LogP contribution in [-0.2, 0) is 0 Å². The van der Waals surface area contributed by atoms with Gasteiger partial charge in [-0.15, -0.1) is 0 Å². The molecule has 0 unspecified atom stereocenters. The highest BCUT2D eigenvalue weighted by Gasteiger charge is 2.19. The zero-order valence-corrected chi connectivity index (χ0v) is 13.8. The third-order valence-corrected chi connectivity index (χ3v) is 4.40. The first-order valence-corrected chi connectivity index (χ1v) is 8.17. The van der Waals surface area contributed by atoms with Gasteiger partial charge in [0, 0.05) is 35.5 Å². The molecule has 4 nitrogen and oxygen atoms in total. The van der Waals surface area contributed by atoms with E-state index in [1.54, 1.807) is 0 Å². The summed E-state index contributed by atoms with van der Waals surface area (Å²) in [6.07, 6.45) is 3.98. The number of nitrogens with one attached hydrogen (secondary N) is 1. The number of hydrogen-bond donors (Lipinski definition) is 1. The summed E-state index contributed by atoms with van der Waals surface area (Å²) in [6, 6.07) is 14.4. The molecule has 3 rings (SSSR count). The molecule has 2 aromatic rings. The van der Waals surface area contributed by atoms with E-state index in [9.17, 15) is 0 Å². The first-order valence-electron chi connectivity index (χ1n) is 7.38. The number of benzene rings is 1. The number of hydrogen-bond acceptors (Lipinski definition) is 4. The van der Waals surface area contributed by atoms with Crippen molar-refractivity contribution in [2.24, 2.45) is 0 Å². The summed E-state index contributed by atoms with van der Waals surface area (Å²) in [5.41, 5.74) is 1.90. The van der Waals surface area contributed by atoms with Gasteiger partial charge in [0.1, 0.15) is 5.82 Å². The second-order valence-electron chi connectivity index (χ2n) is 5.43. The molecule has 1 aromatic heterocycles. The highest BCUT2D eigenvalue weighted by atomic mass is 79.9. The van der Waals surface area contributed by atoms with Crippen molar-refractivity contribution in [1.29, 1.82) is 5.26 Å². The molecule has 1 fully saturated rings. The summed E-state index contributed by atoms with van der Waals surface area (Å²) in [5, 5.41) is 12.3. The molecule has 0 saturated carbocycles. The number of nitriles is 1. The second kappa shape index (κ2) is 6.80. The molecule has 22 heavy (non-hydrogen) atoms. The maximum atomic E-state index is 8.85. The zero-order valence-electron chi connectivity index (χ0n) is 12.2. The lowest BCUT2D eigenvalue weighted by Crippen LogP contribution is -2.39.